The molecule has 0 N–H and O–H groups in total. The number of aromatic nitrogens is 2. The zero-order valence-corrected chi connectivity index (χ0v) is 18.6. The van der Waals surface area contributed by atoms with E-state index in [1.807, 2.05) is 37.3 Å². The molecule has 2 aromatic heterocycles. The van der Waals surface area contributed by atoms with Crippen LogP contribution >= 0.6 is 11.3 Å². The number of fused-ring (bicyclic) bond motifs is 1. The lowest BCUT2D eigenvalue weighted by Gasteiger charge is -2.29. The fourth-order valence-electron chi connectivity index (χ4n) is 4.54. The molecule has 1 aliphatic carbocycles. The van der Waals surface area contributed by atoms with Crippen molar-refractivity contribution in [2.45, 2.75) is 31.7 Å². The molecule has 3 aromatic rings. The van der Waals surface area contributed by atoms with Crippen LogP contribution in [0.4, 0.5) is 5.82 Å². The van der Waals surface area contributed by atoms with Gasteiger partial charge >= 0.3 is 0 Å². The second kappa shape index (κ2) is 7.93. The average molecular weight is 431 g/mol. The van der Waals surface area contributed by atoms with Gasteiger partial charge in [0.2, 0.25) is 0 Å². The molecule has 6 heteroatoms. The lowest BCUT2D eigenvalue weighted by atomic mass is 10.1. The number of carbonyl (C=O) groups excluding carboxylic acids is 1. The van der Waals surface area contributed by atoms with E-state index in [1.165, 1.54) is 4.70 Å². The van der Waals surface area contributed by atoms with Crippen LogP contribution in [-0.4, -0.2) is 45.9 Å². The van der Waals surface area contributed by atoms with Gasteiger partial charge in [-0.15, -0.1) is 11.3 Å². The third-order valence-corrected chi connectivity index (χ3v) is 7.59. The van der Waals surface area contributed by atoms with Crippen molar-refractivity contribution < 1.29 is 4.79 Å². The maximum Gasteiger partial charge on any atom is 0.264 e. The van der Waals surface area contributed by atoms with Gasteiger partial charge in [-0.05, 0) is 49.8 Å². The van der Waals surface area contributed by atoms with Crippen molar-refractivity contribution in [3.8, 4) is 0 Å². The van der Waals surface area contributed by atoms with Crippen molar-refractivity contribution in [2.24, 2.45) is 0 Å². The zero-order chi connectivity index (χ0) is 21.4. The Morgan fingerprint density at radius 2 is 2.00 bits per heavy atom. The van der Waals surface area contributed by atoms with E-state index < -0.39 is 0 Å². The molecule has 1 aliphatic heterocycles. The predicted octanol–water partition coefficient (Wildman–Crippen LogP) is 5.08. The van der Waals surface area contributed by atoms with E-state index in [2.05, 4.69) is 38.5 Å². The van der Waals surface area contributed by atoms with Crippen LogP contribution in [-0.2, 0) is 0 Å². The van der Waals surface area contributed by atoms with Crippen LogP contribution in [0.25, 0.3) is 16.2 Å². The molecule has 31 heavy (non-hydrogen) atoms. The number of rotatable bonds is 4. The lowest BCUT2D eigenvalue weighted by Crippen LogP contribution is -2.42. The highest BCUT2D eigenvalue weighted by molar-refractivity contribution is 7.20. The number of carbonyl (C=O) groups is 1. The second-order valence-corrected chi connectivity index (χ2v) is 9.44. The summed E-state index contributed by atoms with van der Waals surface area (Å²) >= 11 is 1.60. The Labute approximate surface area is 186 Å². The zero-order valence-electron chi connectivity index (χ0n) is 17.8. The van der Waals surface area contributed by atoms with Crippen LogP contribution in [0, 0.1) is 6.92 Å². The summed E-state index contributed by atoms with van der Waals surface area (Å²) in [5.41, 5.74) is 1.98. The van der Waals surface area contributed by atoms with Gasteiger partial charge in [0, 0.05) is 35.4 Å². The van der Waals surface area contributed by atoms with Crippen molar-refractivity contribution in [1.29, 1.82) is 0 Å². The van der Waals surface area contributed by atoms with Crippen molar-refractivity contribution in [3.05, 3.63) is 71.5 Å². The van der Waals surface area contributed by atoms with E-state index in [-0.39, 0.29) is 11.4 Å². The van der Waals surface area contributed by atoms with Gasteiger partial charge in [-0.2, -0.15) is 0 Å². The number of hydrogen-bond acceptors (Lipinski definition) is 5. The molecule has 0 bridgehead atoms. The number of anilines is 1. The minimum atomic E-state index is 0.00119. The lowest BCUT2D eigenvalue weighted by molar-refractivity contribution is 0.0668. The van der Waals surface area contributed by atoms with Crippen molar-refractivity contribution in [3.63, 3.8) is 0 Å². The number of thiophene rings is 1. The molecule has 0 radical (unpaired) electrons. The first kappa shape index (κ1) is 19.9. The summed E-state index contributed by atoms with van der Waals surface area (Å²) in [6.07, 6.45) is 10.5. The summed E-state index contributed by atoms with van der Waals surface area (Å²) in [5, 5.41) is 1.15. The molecule has 5 rings (SSSR count). The maximum absolute atomic E-state index is 13.6. The van der Waals surface area contributed by atoms with Crippen LogP contribution in [0.2, 0.25) is 0 Å². The minimum absolute atomic E-state index is 0.00119. The number of amides is 1. The first-order chi connectivity index (χ1) is 15.1. The van der Waals surface area contributed by atoms with Crippen molar-refractivity contribution >= 4 is 39.2 Å². The van der Waals surface area contributed by atoms with Crippen molar-refractivity contribution in [1.82, 2.24) is 14.9 Å². The quantitative estimate of drug-likeness (QED) is 0.542. The topological polar surface area (TPSA) is 49.3 Å². The monoisotopic (exact) mass is 430 g/mol. The maximum atomic E-state index is 13.6. The molecule has 1 spiro atoms. The molecule has 1 saturated heterocycles. The molecule has 2 fully saturated rings. The molecule has 2 aliphatic rings. The molecule has 5 nitrogen and oxygen atoms in total. The summed E-state index contributed by atoms with van der Waals surface area (Å²) in [7, 11) is 0. The van der Waals surface area contributed by atoms with Gasteiger partial charge in [0.25, 0.3) is 5.91 Å². The van der Waals surface area contributed by atoms with E-state index in [4.69, 9.17) is 0 Å². The fraction of sp³-hybridized carbons (Fsp3) is 0.320. The van der Waals surface area contributed by atoms with Gasteiger partial charge in [0.15, 0.2) is 0 Å². The van der Waals surface area contributed by atoms with Crippen molar-refractivity contribution in [2.75, 3.05) is 24.5 Å². The molecule has 0 unspecified atom stereocenters. The van der Waals surface area contributed by atoms with Crippen LogP contribution in [0.1, 0.15) is 40.2 Å². The standard InChI is InChI=1S/C25H26N4OS/c1-3-4-8-20-18(2)26-17-27-23(20)28-13-12-25(10-11-25)29(15-14-28)24(30)22-16-19-7-5-6-9-21(19)31-22/h3-9,16-17H,1,10-15H2,2H3. The van der Waals surface area contributed by atoms with Gasteiger partial charge in [-0.1, -0.05) is 36.9 Å². The summed E-state index contributed by atoms with van der Waals surface area (Å²) < 4.78 is 1.17. The van der Waals surface area contributed by atoms with Gasteiger partial charge in [0.05, 0.1) is 10.6 Å². The highest BCUT2D eigenvalue weighted by Crippen LogP contribution is 2.47. The Hall–Kier alpha value is -2.99. The molecular weight excluding hydrogens is 404 g/mol. The Morgan fingerprint density at radius 1 is 1.16 bits per heavy atom. The Bertz CT molecular complexity index is 1140. The number of allylic oxidation sites excluding steroid dienone is 2. The molecule has 3 heterocycles. The molecule has 1 aromatic carbocycles. The first-order valence-electron chi connectivity index (χ1n) is 10.8. The van der Waals surface area contributed by atoms with E-state index >= 15 is 0 Å². The summed E-state index contributed by atoms with van der Waals surface area (Å²) in [6, 6.07) is 10.3. The average Bonchev–Trinajstić information content (AvgIpc) is 3.48. The normalized spacial score (nSPS) is 18.0. The third kappa shape index (κ3) is 3.65. The van der Waals surface area contributed by atoms with Gasteiger partial charge in [0.1, 0.15) is 12.1 Å². The van der Waals surface area contributed by atoms with E-state index in [9.17, 15) is 4.79 Å². The number of benzene rings is 1. The summed E-state index contributed by atoms with van der Waals surface area (Å²) in [4.78, 5) is 27.8. The van der Waals surface area contributed by atoms with Crippen LogP contribution in [0.3, 0.4) is 0 Å². The third-order valence-electron chi connectivity index (χ3n) is 6.48. The number of aryl methyl sites for hydroxylation is 1. The Balaban J connectivity index is 1.43. The number of hydrogen-bond donors (Lipinski definition) is 0. The first-order valence-corrected chi connectivity index (χ1v) is 11.6. The fourth-order valence-corrected chi connectivity index (χ4v) is 5.56. The smallest absolute Gasteiger partial charge is 0.264 e. The van der Waals surface area contributed by atoms with E-state index in [0.717, 1.165) is 59.7 Å². The molecule has 1 saturated carbocycles. The van der Waals surface area contributed by atoms with Crippen LogP contribution in [0.15, 0.2) is 55.4 Å². The predicted molar refractivity (Wildman–Crippen MR) is 128 cm³/mol. The molecule has 1 amide bonds. The van der Waals surface area contributed by atoms with E-state index in [0.29, 0.717) is 6.54 Å². The minimum Gasteiger partial charge on any atom is -0.354 e. The van der Waals surface area contributed by atoms with E-state index in [1.54, 1.807) is 23.7 Å². The Morgan fingerprint density at radius 3 is 2.77 bits per heavy atom. The molecule has 158 valence electrons. The van der Waals surface area contributed by atoms with Gasteiger partial charge in [-0.3, -0.25) is 4.79 Å². The second-order valence-electron chi connectivity index (χ2n) is 8.36. The van der Waals surface area contributed by atoms with Crippen LogP contribution < -0.4 is 4.90 Å². The highest BCUT2D eigenvalue weighted by Gasteiger charge is 2.51. The molecular formula is C25H26N4OS. The summed E-state index contributed by atoms with van der Waals surface area (Å²) in [6.45, 7) is 8.15. The van der Waals surface area contributed by atoms with Crippen LogP contribution in [0.5, 0.6) is 0 Å². The SMILES string of the molecule is C=CC=Cc1c(C)ncnc1N1CCN(C(=O)c2cc3ccccc3s2)C2(CC1)CC2. The molecule has 0 atom stereocenters. The van der Waals surface area contributed by atoms with Gasteiger partial charge < -0.3 is 9.80 Å². The highest BCUT2D eigenvalue weighted by atomic mass is 32.1. The largest absolute Gasteiger partial charge is 0.354 e. The summed E-state index contributed by atoms with van der Waals surface area (Å²) in [5.74, 6) is 1.11. The number of nitrogens with zero attached hydrogens (tertiary/aromatic N) is 4. The van der Waals surface area contributed by atoms with Gasteiger partial charge in [-0.25, -0.2) is 9.97 Å². The Kier molecular flexibility index (Phi) is 5.10.